The molecular formula is C18H19IN2O2. The standard InChI is InChI=1S/C18H19IN2O2/c1-11-4-6-14(8-13(11)3)18(23)20-10-17(22)21-15-7-5-12(2)16(19)9-15/h4-9H,10H2,1-3H3,(H,20,23)(H,21,22). The molecule has 0 bridgehead atoms. The summed E-state index contributed by atoms with van der Waals surface area (Å²) in [5.74, 6) is -0.497. The van der Waals surface area contributed by atoms with Gasteiger partial charge in [0.25, 0.3) is 5.91 Å². The lowest BCUT2D eigenvalue weighted by Crippen LogP contribution is -2.32. The summed E-state index contributed by atoms with van der Waals surface area (Å²) in [6.07, 6.45) is 0. The van der Waals surface area contributed by atoms with E-state index in [0.717, 1.165) is 25.9 Å². The highest BCUT2D eigenvalue weighted by atomic mass is 127. The van der Waals surface area contributed by atoms with Gasteiger partial charge in [0.2, 0.25) is 5.91 Å². The molecule has 2 amide bonds. The molecule has 4 nitrogen and oxygen atoms in total. The van der Waals surface area contributed by atoms with Crippen molar-refractivity contribution in [3.63, 3.8) is 0 Å². The molecule has 0 aromatic heterocycles. The van der Waals surface area contributed by atoms with Crippen LogP contribution in [0.5, 0.6) is 0 Å². The second kappa shape index (κ2) is 7.59. The van der Waals surface area contributed by atoms with Crippen LogP contribution >= 0.6 is 22.6 Å². The molecular weight excluding hydrogens is 403 g/mol. The van der Waals surface area contributed by atoms with E-state index >= 15 is 0 Å². The van der Waals surface area contributed by atoms with Crippen molar-refractivity contribution in [3.05, 3.63) is 62.2 Å². The van der Waals surface area contributed by atoms with Crippen LogP contribution in [0.2, 0.25) is 0 Å². The Kier molecular flexibility index (Phi) is 5.76. The van der Waals surface area contributed by atoms with Crippen LogP contribution in [-0.4, -0.2) is 18.4 Å². The predicted molar refractivity (Wildman–Crippen MR) is 101 cm³/mol. The van der Waals surface area contributed by atoms with Crippen molar-refractivity contribution in [2.45, 2.75) is 20.8 Å². The van der Waals surface area contributed by atoms with Crippen LogP contribution in [-0.2, 0) is 4.79 Å². The molecule has 120 valence electrons. The van der Waals surface area contributed by atoms with Crippen LogP contribution < -0.4 is 10.6 Å². The molecule has 0 aliphatic rings. The second-order valence-corrected chi connectivity index (χ2v) is 6.66. The van der Waals surface area contributed by atoms with E-state index in [4.69, 9.17) is 0 Å². The maximum atomic E-state index is 12.1. The quantitative estimate of drug-likeness (QED) is 0.741. The van der Waals surface area contributed by atoms with Gasteiger partial charge in [0.1, 0.15) is 0 Å². The highest BCUT2D eigenvalue weighted by Crippen LogP contribution is 2.16. The van der Waals surface area contributed by atoms with Crippen molar-refractivity contribution >= 4 is 40.1 Å². The van der Waals surface area contributed by atoms with Gasteiger partial charge in [-0.05, 0) is 84.3 Å². The molecule has 23 heavy (non-hydrogen) atoms. The number of anilines is 1. The third-order valence-electron chi connectivity index (χ3n) is 3.63. The Morgan fingerprint density at radius 1 is 0.957 bits per heavy atom. The summed E-state index contributed by atoms with van der Waals surface area (Å²) in [7, 11) is 0. The Morgan fingerprint density at radius 3 is 2.30 bits per heavy atom. The van der Waals surface area contributed by atoms with Crippen LogP contribution in [0, 0.1) is 24.3 Å². The van der Waals surface area contributed by atoms with E-state index < -0.39 is 0 Å². The van der Waals surface area contributed by atoms with Gasteiger partial charge >= 0.3 is 0 Å². The fraction of sp³-hybridized carbons (Fsp3) is 0.222. The molecule has 0 unspecified atom stereocenters. The molecule has 2 aromatic carbocycles. The number of benzene rings is 2. The summed E-state index contributed by atoms with van der Waals surface area (Å²) in [6.45, 7) is 5.90. The van der Waals surface area contributed by atoms with Crippen molar-refractivity contribution in [2.75, 3.05) is 11.9 Å². The van der Waals surface area contributed by atoms with E-state index in [1.165, 1.54) is 0 Å². The minimum Gasteiger partial charge on any atom is -0.343 e. The van der Waals surface area contributed by atoms with Crippen molar-refractivity contribution in [2.24, 2.45) is 0 Å². The first-order valence-electron chi connectivity index (χ1n) is 7.28. The van der Waals surface area contributed by atoms with Crippen LogP contribution in [0.15, 0.2) is 36.4 Å². The first-order valence-corrected chi connectivity index (χ1v) is 8.36. The Balaban J connectivity index is 1.91. The van der Waals surface area contributed by atoms with Crippen molar-refractivity contribution in [1.82, 2.24) is 5.32 Å². The van der Waals surface area contributed by atoms with Crippen molar-refractivity contribution < 1.29 is 9.59 Å². The second-order valence-electron chi connectivity index (χ2n) is 5.49. The Bertz CT molecular complexity index is 757. The molecule has 5 heteroatoms. The number of carbonyl (C=O) groups excluding carboxylic acids is 2. The van der Waals surface area contributed by atoms with Crippen LogP contribution in [0.3, 0.4) is 0 Å². The zero-order valence-electron chi connectivity index (χ0n) is 13.4. The van der Waals surface area contributed by atoms with Gasteiger partial charge in [0, 0.05) is 14.8 Å². The minimum atomic E-state index is -0.248. The third-order valence-corrected chi connectivity index (χ3v) is 4.80. The van der Waals surface area contributed by atoms with E-state index in [1.54, 1.807) is 6.07 Å². The lowest BCUT2D eigenvalue weighted by atomic mass is 10.1. The summed E-state index contributed by atoms with van der Waals surface area (Å²) in [6, 6.07) is 11.2. The molecule has 2 aromatic rings. The predicted octanol–water partition coefficient (Wildman–Crippen LogP) is 3.58. The topological polar surface area (TPSA) is 58.2 Å². The number of aryl methyl sites for hydroxylation is 3. The number of amides is 2. The number of hydrogen-bond donors (Lipinski definition) is 2. The van der Waals surface area contributed by atoms with Gasteiger partial charge in [0.15, 0.2) is 0 Å². The van der Waals surface area contributed by atoms with Gasteiger partial charge in [-0.15, -0.1) is 0 Å². The lowest BCUT2D eigenvalue weighted by Gasteiger charge is -2.09. The number of nitrogens with one attached hydrogen (secondary N) is 2. The maximum Gasteiger partial charge on any atom is 0.251 e. The molecule has 0 saturated heterocycles. The summed E-state index contributed by atoms with van der Waals surface area (Å²) >= 11 is 2.22. The van der Waals surface area contributed by atoms with E-state index in [0.29, 0.717) is 5.56 Å². The molecule has 2 N–H and O–H groups in total. The van der Waals surface area contributed by atoms with Crippen LogP contribution in [0.1, 0.15) is 27.0 Å². The van der Waals surface area contributed by atoms with E-state index in [-0.39, 0.29) is 18.4 Å². The zero-order chi connectivity index (χ0) is 17.0. The molecule has 0 spiro atoms. The molecule has 0 radical (unpaired) electrons. The summed E-state index contributed by atoms with van der Waals surface area (Å²) in [5.41, 5.74) is 4.63. The number of rotatable bonds is 4. The molecule has 0 aliphatic heterocycles. The zero-order valence-corrected chi connectivity index (χ0v) is 15.5. The fourth-order valence-corrected chi connectivity index (χ4v) is 2.54. The Morgan fingerprint density at radius 2 is 1.65 bits per heavy atom. The highest BCUT2D eigenvalue weighted by Gasteiger charge is 2.09. The van der Waals surface area contributed by atoms with E-state index in [9.17, 15) is 9.59 Å². The van der Waals surface area contributed by atoms with Crippen molar-refractivity contribution in [3.8, 4) is 0 Å². The lowest BCUT2D eigenvalue weighted by molar-refractivity contribution is -0.115. The molecule has 0 aliphatic carbocycles. The van der Waals surface area contributed by atoms with Crippen LogP contribution in [0.25, 0.3) is 0 Å². The van der Waals surface area contributed by atoms with Gasteiger partial charge in [-0.1, -0.05) is 12.1 Å². The van der Waals surface area contributed by atoms with Gasteiger partial charge in [-0.2, -0.15) is 0 Å². The largest absolute Gasteiger partial charge is 0.343 e. The number of carbonyl (C=O) groups is 2. The molecule has 0 saturated carbocycles. The molecule has 0 fully saturated rings. The molecule has 2 rings (SSSR count). The summed E-state index contributed by atoms with van der Waals surface area (Å²) in [5, 5.41) is 5.42. The van der Waals surface area contributed by atoms with Gasteiger partial charge in [-0.3, -0.25) is 9.59 Å². The minimum absolute atomic E-state index is 0.0593. The van der Waals surface area contributed by atoms with Gasteiger partial charge in [-0.25, -0.2) is 0 Å². The summed E-state index contributed by atoms with van der Waals surface area (Å²) < 4.78 is 1.08. The average Bonchev–Trinajstić information content (AvgIpc) is 2.51. The number of halogens is 1. The highest BCUT2D eigenvalue weighted by molar-refractivity contribution is 14.1. The fourth-order valence-electron chi connectivity index (χ4n) is 2.02. The van der Waals surface area contributed by atoms with E-state index in [1.807, 2.05) is 51.1 Å². The van der Waals surface area contributed by atoms with Crippen LogP contribution in [0.4, 0.5) is 5.69 Å². The maximum absolute atomic E-state index is 12.1. The smallest absolute Gasteiger partial charge is 0.251 e. The van der Waals surface area contributed by atoms with Gasteiger partial charge in [0.05, 0.1) is 6.54 Å². The third kappa shape index (κ3) is 4.79. The molecule has 0 heterocycles. The Labute approximate surface area is 149 Å². The number of hydrogen-bond acceptors (Lipinski definition) is 2. The average molecular weight is 422 g/mol. The first kappa shape index (κ1) is 17.5. The van der Waals surface area contributed by atoms with E-state index in [2.05, 4.69) is 33.2 Å². The Hall–Kier alpha value is -1.89. The van der Waals surface area contributed by atoms with Gasteiger partial charge < -0.3 is 10.6 Å². The normalized spacial score (nSPS) is 10.3. The first-order chi connectivity index (χ1) is 10.9. The van der Waals surface area contributed by atoms with Crippen molar-refractivity contribution in [1.29, 1.82) is 0 Å². The SMILES string of the molecule is Cc1ccc(C(=O)NCC(=O)Nc2ccc(C)c(I)c2)cc1C. The monoisotopic (exact) mass is 422 g/mol. The molecule has 0 atom stereocenters. The summed E-state index contributed by atoms with van der Waals surface area (Å²) in [4.78, 5) is 24.0.